The molecule has 5 heteroatoms. The molecule has 0 atom stereocenters. The van der Waals surface area contributed by atoms with Crippen LogP contribution in [-0.2, 0) is 6.54 Å². The summed E-state index contributed by atoms with van der Waals surface area (Å²) in [5.41, 5.74) is 2.43. The number of carbonyl (C=O) groups excluding carboxylic acids is 1. The summed E-state index contributed by atoms with van der Waals surface area (Å²) in [4.78, 5) is 18.9. The van der Waals surface area contributed by atoms with Crippen LogP contribution >= 0.6 is 11.3 Å². The molecular weight excluding hydrogens is 186 g/mol. The molecule has 1 saturated heterocycles. The molecule has 0 aliphatic carbocycles. The van der Waals surface area contributed by atoms with Crippen molar-refractivity contribution < 1.29 is 4.79 Å². The second kappa shape index (κ2) is 2.52. The van der Waals surface area contributed by atoms with Gasteiger partial charge in [0, 0.05) is 13.1 Å². The van der Waals surface area contributed by atoms with E-state index in [2.05, 4.69) is 10.3 Å². The standard InChI is InChI=1S/C8H9N3OS/c12-8-7-6(13-4-10-7)3-11(8)5-1-9-2-5/h4-5,9H,1-3H2. The Morgan fingerprint density at radius 3 is 3.08 bits per heavy atom. The molecule has 1 amide bonds. The van der Waals surface area contributed by atoms with E-state index in [0.717, 1.165) is 24.5 Å². The molecule has 3 heterocycles. The summed E-state index contributed by atoms with van der Waals surface area (Å²) < 4.78 is 0. The number of amides is 1. The molecule has 0 saturated carbocycles. The van der Waals surface area contributed by atoms with Crippen LogP contribution in [0.15, 0.2) is 5.51 Å². The SMILES string of the molecule is O=C1c2ncsc2CN1C1CNC1. The van der Waals surface area contributed by atoms with Crippen LogP contribution in [0, 0.1) is 0 Å². The van der Waals surface area contributed by atoms with Gasteiger partial charge in [0.15, 0.2) is 0 Å². The second-order valence-electron chi connectivity index (χ2n) is 3.37. The van der Waals surface area contributed by atoms with Crippen LogP contribution in [0.3, 0.4) is 0 Å². The first-order valence-electron chi connectivity index (χ1n) is 4.30. The molecule has 1 fully saturated rings. The van der Waals surface area contributed by atoms with Crippen LogP contribution in [-0.4, -0.2) is 34.9 Å². The summed E-state index contributed by atoms with van der Waals surface area (Å²) in [7, 11) is 0. The fourth-order valence-electron chi connectivity index (χ4n) is 1.71. The van der Waals surface area contributed by atoms with Crippen molar-refractivity contribution in [3.8, 4) is 0 Å². The van der Waals surface area contributed by atoms with Gasteiger partial charge in [-0.2, -0.15) is 0 Å². The maximum atomic E-state index is 11.7. The van der Waals surface area contributed by atoms with Crippen LogP contribution in [0.2, 0.25) is 0 Å². The molecule has 4 nitrogen and oxygen atoms in total. The normalized spacial score (nSPS) is 21.8. The van der Waals surface area contributed by atoms with E-state index in [-0.39, 0.29) is 5.91 Å². The lowest BCUT2D eigenvalue weighted by atomic mass is 10.1. The summed E-state index contributed by atoms with van der Waals surface area (Å²) >= 11 is 1.58. The number of nitrogens with zero attached hydrogens (tertiary/aromatic N) is 2. The van der Waals surface area contributed by atoms with E-state index in [9.17, 15) is 4.79 Å². The Labute approximate surface area is 79.6 Å². The quantitative estimate of drug-likeness (QED) is 0.689. The van der Waals surface area contributed by atoms with Crippen molar-refractivity contribution in [2.75, 3.05) is 13.1 Å². The Morgan fingerprint density at radius 1 is 1.62 bits per heavy atom. The first-order chi connectivity index (χ1) is 6.36. The van der Waals surface area contributed by atoms with E-state index in [1.54, 1.807) is 16.8 Å². The van der Waals surface area contributed by atoms with E-state index in [1.165, 1.54) is 0 Å². The molecule has 0 radical (unpaired) electrons. The number of nitrogens with one attached hydrogen (secondary N) is 1. The molecule has 0 spiro atoms. The Hall–Kier alpha value is -0.940. The predicted molar refractivity (Wildman–Crippen MR) is 48.6 cm³/mol. The van der Waals surface area contributed by atoms with Gasteiger partial charge in [-0.1, -0.05) is 0 Å². The molecule has 0 aromatic carbocycles. The van der Waals surface area contributed by atoms with E-state index in [1.807, 2.05) is 4.90 Å². The minimum atomic E-state index is 0.114. The van der Waals surface area contributed by atoms with Gasteiger partial charge in [0.1, 0.15) is 5.69 Å². The summed E-state index contributed by atoms with van der Waals surface area (Å²) in [5.74, 6) is 0.114. The molecule has 0 bridgehead atoms. The summed E-state index contributed by atoms with van der Waals surface area (Å²) in [6, 6.07) is 0.397. The maximum absolute atomic E-state index is 11.7. The molecule has 3 rings (SSSR count). The Balaban J connectivity index is 1.89. The van der Waals surface area contributed by atoms with Crippen molar-refractivity contribution >= 4 is 17.2 Å². The highest BCUT2D eigenvalue weighted by Crippen LogP contribution is 2.27. The van der Waals surface area contributed by atoms with Crippen molar-refractivity contribution in [3.63, 3.8) is 0 Å². The summed E-state index contributed by atoms with van der Waals surface area (Å²) in [6.07, 6.45) is 0. The lowest BCUT2D eigenvalue weighted by molar-refractivity contribution is 0.0638. The van der Waals surface area contributed by atoms with Gasteiger partial charge in [-0.25, -0.2) is 4.98 Å². The Bertz CT molecular complexity index is 358. The van der Waals surface area contributed by atoms with Crippen LogP contribution in [0.25, 0.3) is 0 Å². The van der Waals surface area contributed by atoms with Crippen molar-refractivity contribution in [2.45, 2.75) is 12.6 Å². The minimum absolute atomic E-state index is 0.114. The fraction of sp³-hybridized carbons (Fsp3) is 0.500. The average Bonchev–Trinajstić information content (AvgIpc) is 2.54. The highest BCUT2D eigenvalue weighted by atomic mass is 32.1. The number of hydrogen-bond donors (Lipinski definition) is 1. The molecule has 1 N–H and O–H groups in total. The van der Waals surface area contributed by atoms with Crippen LogP contribution in [0.4, 0.5) is 0 Å². The molecule has 2 aliphatic rings. The third kappa shape index (κ3) is 0.941. The third-order valence-corrected chi connectivity index (χ3v) is 3.44. The molecule has 1 aromatic heterocycles. The van der Waals surface area contributed by atoms with Gasteiger partial charge in [-0.05, 0) is 0 Å². The Kier molecular flexibility index (Phi) is 1.45. The van der Waals surface area contributed by atoms with Gasteiger partial charge in [0.25, 0.3) is 5.91 Å². The number of fused-ring (bicyclic) bond motifs is 1. The van der Waals surface area contributed by atoms with E-state index >= 15 is 0 Å². The number of hydrogen-bond acceptors (Lipinski definition) is 4. The zero-order valence-electron chi connectivity index (χ0n) is 6.99. The second-order valence-corrected chi connectivity index (χ2v) is 4.31. The van der Waals surface area contributed by atoms with Gasteiger partial charge < -0.3 is 10.2 Å². The van der Waals surface area contributed by atoms with Crippen molar-refractivity contribution in [2.24, 2.45) is 0 Å². The lowest BCUT2D eigenvalue weighted by Crippen LogP contribution is -2.57. The third-order valence-electron chi connectivity index (χ3n) is 2.62. The molecule has 0 unspecified atom stereocenters. The monoisotopic (exact) mass is 195 g/mol. The minimum Gasteiger partial charge on any atom is -0.326 e. The molecule has 68 valence electrons. The zero-order valence-corrected chi connectivity index (χ0v) is 7.80. The van der Waals surface area contributed by atoms with Gasteiger partial charge >= 0.3 is 0 Å². The number of aromatic nitrogens is 1. The number of thiazole rings is 1. The Morgan fingerprint density at radius 2 is 2.46 bits per heavy atom. The molecule has 13 heavy (non-hydrogen) atoms. The molecule has 1 aromatic rings. The summed E-state index contributed by atoms with van der Waals surface area (Å²) in [5, 5.41) is 3.17. The van der Waals surface area contributed by atoms with Gasteiger partial charge in [-0.3, -0.25) is 4.79 Å². The van der Waals surface area contributed by atoms with Crippen molar-refractivity contribution in [1.29, 1.82) is 0 Å². The summed E-state index contributed by atoms with van der Waals surface area (Å²) in [6.45, 7) is 2.63. The molecule has 2 aliphatic heterocycles. The first kappa shape index (κ1) is 7.46. The number of rotatable bonds is 1. The van der Waals surface area contributed by atoms with Crippen LogP contribution < -0.4 is 5.32 Å². The van der Waals surface area contributed by atoms with Gasteiger partial charge in [0.05, 0.1) is 23.0 Å². The lowest BCUT2D eigenvalue weighted by Gasteiger charge is -2.35. The first-order valence-corrected chi connectivity index (χ1v) is 5.18. The smallest absolute Gasteiger partial charge is 0.274 e. The van der Waals surface area contributed by atoms with Gasteiger partial charge in [0.2, 0.25) is 0 Å². The maximum Gasteiger partial charge on any atom is 0.274 e. The molecular formula is C8H9N3OS. The fourth-order valence-corrected chi connectivity index (χ4v) is 2.46. The number of carbonyl (C=O) groups is 1. The largest absolute Gasteiger partial charge is 0.326 e. The van der Waals surface area contributed by atoms with Gasteiger partial charge in [-0.15, -0.1) is 11.3 Å². The van der Waals surface area contributed by atoms with E-state index in [0.29, 0.717) is 11.7 Å². The van der Waals surface area contributed by atoms with Crippen LogP contribution in [0.1, 0.15) is 15.4 Å². The predicted octanol–water partition coefficient (Wildman–Crippen LogP) is 0.0707. The van der Waals surface area contributed by atoms with E-state index in [4.69, 9.17) is 0 Å². The zero-order chi connectivity index (χ0) is 8.84. The highest BCUT2D eigenvalue weighted by molar-refractivity contribution is 7.10. The van der Waals surface area contributed by atoms with Crippen LogP contribution in [0.5, 0.6) is 0 Å². The van der Waals surface area contributed by atoms with Crippen molar-refractivity contribution in [1.82, 2.24) is 15.2 Å². The highest BCUT2D eigenvalue weighted by Gasteiger charge is 2.36. The average molecular weight is 195 g/mol. The topological polar surface area (TPSA) is 45.2 Å². The van der Waals surface area contributed by atoms with E-state index < -0.39 is 0 Å². The van der Waals surface area contributed by atoms with Crippen molar-refractivity contribution in [3.05, 3.63) is 16.1 Å².